The number of nitrogen functional groups attached to an aromatic ring is 1. The molecule has 112 valence electrons. The van der Waals surface area contributed by atoms with E-state index < -0.39 is 27.3 Å². The molecule has 0 heterocycles. The third-order valence-electron chi connectivity index (χ3n) is 2.69. The monoisotopic (exact) mass is 314 g/mol. The van der Waals surface area contributed by atoms with E-state index in [9.17, 15) is 17.2 Å². The van der Waals surface area contributed by atoms with Crippen LogP contribution in [0, 0.1) is 11.6 Å². The number of hydrogen-bond donors (Lipinski definition) is 2. The maximum atomic E-state index is 13.5. The zero-order chi connectivity index (χ0) is 15.6. The van der Waals surface area contributed by atoms with E-state index in [1.807, 2.05) is 4.72 Å². The summed E-state index contributed by atoms with van der Waals surface area (Å²) in [6, 6.07) is 6.24. The lowest BCUT2D eigenvalue weighted by Gasteiger charge is -2.11. The average molecular weight is 314 g/mol. The van der Waals surface area contributed by atoms with Crippen LogP contribution in [-0.4, -0.2) is 15.5 Å². The topological polar surface area (TPSA) is 81.4 Å². The third-order valence-corrected chi connectivity index (χ3v) is 4.05. The second-order valence-electron chi connectivity index (χ2n) is 4.13. The molecule has 0 amide bonds. The molecular weight excluding hydrogens is 302 g/mol. The van der Waals surface area contributed by atoms with Gasteiger partial charge in [-0.2, -0.15) is 0 Å². The predicted octanol–water partition coefficient (Wildman–Crippen LogP) is 2.36. The highest BCUT2D eigenvalue weighted by Gasteiger charge is 2.18. The van der Waals surface area contributed by atoms with Gasteiger partial charge in [0.05, 0.1) is 23.4 Å². The fourth-order valence-electron chi connectivity index (χ4n) is 1.64. The van der Waals surface area contributed by atoms with Crippen molar-refractivity contribution in [3.8, 4) is 5.75 Å². The third kappa shape index (κ3) is 3.22. The van der Waals surface area contributed by atoms with E-state index in [1.165, 1.54) is 25.3 Å². The molecule has 0 saturated heterocycles. The van der Waals surface area contributed by atoms with Crippen LogP contribution in [0.5, 0.6) is 5.75 Å². The Bertz CT molecular complexity index is 779. The van der Waals surface area contributed by atoms with E-state index in [1.54, 1.807) is 0 Å². The van der Waals surface area contributed by atoms with Crippen LogP contribution < -0.4 is 15.2 Å². The van der Waals surface area contributed by atoms with Crippen LogP contribution in [0.25, 0.3) is 0 Å². The summed E-state index contributed by atoms with van der Waals surface area (Å²) in [6.07, 6.45) is 0. The Balaban J connectivity index is 2.41. The largest absolute Gasteiger partial charge is 0.495 e. The lowest BCUT2D eigenvalue weighted by Crippen LogP contribution is -2.14. The van der Waals surface area contributed by atoms with Gasteiger partial charge in [-0.15, -0.1) is 0 Å². The highest BCUT2D eigenvalue weighted by molar-refractivity contribution is 7.92. The maximum Gasteiger partial charge on any atom is 0.262 e. The van der Waals surface area contributed by atoms with E-state index in [2.05, 4.69) is 0 Å². The average Bonchev–Trinajstić information content (AvgIpc) is 2.43. The SMILES string of the molecule is COc1cc(S(=O)(=O)Nc2cc(F)ccc2F)ccc1N. The number of anilines is 2. The van der Waals surface area contributed by atoms with Gasteiger partial charge in [-0.05, 0) is 24.3 Å². The summed E-state index contributed by atoms with van der Waals surface area (Å²) in [5.74, 6) is -1.48. The molecule has 0 bridgehead atoms. The Hall–Kier alpha value is -2.35. The lowest BCUT2D eigenvalue weighted by molar-refractivity contribution is 0.415. The minimum absolute atomic E-state index is 0.164. The first-order valence-electron chi connectivity index (χ1n) is 5.75. The summed E-state index contributed by atoms with van der Waals surface area (Å²) in [5.41, 5.74) is 5.37. The lowest BCUT2D eigenvalue weighted by atomic mass is 10.3. The molecule has 0 fully saturated rings. The molecular formula is C13H12F2N2O3S. The van der Waals surface area contributed by atoms with Gasteiger partial charge in [0.25, 0.3) is 10.0 Å². The second kappa shape index (κ2) is 5.57. The molecule has 0 aliphatic carbocycles. The number of sulfonamides is 1. The van der Waals surface area contributed by atoms with Crippen LogP contribution in [0.15, 0.2) is 41.3 Å². The summed E-state index contributed by atoms with van der Waals surface area (Å²) < 4.78 is 57.7. The predicted molar refractivity (Wildman–Crippen MR) is 74.6 cm³/mol. The fraction of sp³-hybridized carbons (Fsp3) is 0.0769. The van der Waals surface area contributed by atoms with Gasteiger partial charge in [-0.1, -0.05) is 0 Å². The van der Waals surface area contributed by atoms with Crippen molar-refractivity contribution < 1.29 is 21.9 Å². The molecule has 5 nitrogen and oxygen atoms in total. The molecule has 2 aromatic rings. The van der Waals surface area contributed by atoms with Crippen molar-refractivity contribution >= 4 is 21.4 Å². The molecule has 0 spiro atoms. The van der Waals surface area contributed by atoms with Gasteiger partial charge in [0, 0.05) is 12.1 Å². The molecule has 0 aliphatic heterocycles. The fourth-order valence-corrected chi connectivity index (χ4v) is 2.71. The molecule has 2 aromatic carbocycles. The maximum absolute atomic E-state index is 13.5. The Morgan fingerprint density at radius 2 is 1.86 bits per heavy atom. The Morgan fingerprint density at radius 1 is 1.14 bits per heavy atom. The molecule has 0 saturated carbocycles. The molecule has 21 heavy (non-hydrogen) atoms. The zero-order valence-electron chi connectivity index (χ0n) is 10.9. The van der Waals surface area contributed by atoms with Crippen LogP contribution in [0.1, 0.15) is 0 Å². The summed E-state index contributed by atoms with van der Waals surface area (Å²) in [6.45, 7) is 0. The highest BCUT2D eigenvalue weighted by Crippen LogP contribution is 2.26. The number of methoxy groups -OCH3 is 1. The smallest absolute Gasteiger partial charge is 0.262 e. The molecule has 0 aliphatic rings. The zero-order valence-corrected chi connectivity index (χ0v) is 11.7. The van der Waals surface area contributed by atoms with Crippen molar-refractivity contribution in [3.63, 3.8) is 0 Å². The first kappa shape index (κ1) is 15.0. The van der Waals surface area contributed by atoms with E-state index in [0.717, 1.165) is 18.2 Å². The molecule has 2 rings (SSSR count). The van der Waals surface area contributed by atoms with Crippen LogP contribution >= 0.6 is 0 Å². The van der Waals surface area contributed by atoms with Gasteiger partial charge in [0.2, 0.25) is 0 Å². The number of rotatable bonds is 4. The molecule has 3 N–H and O–H groups in total. The van der Waals surface area contributed by atoms with E-state index >= 15 is 0 Å². The molecule has 0 atom stereocenters. The number of hydrogen-bond acceptors (Lipinski definition) is 4. The van der Waals surface area contributed by atoms with Crippen molar-refractivity contribution in [2.45, 2.75) is 4.90 Å². The number of halogens is 2. The van der Waals surface area contributed by atoms with Gasteiger partial charge < -0.3 is 10.5 Å². The number of benzene rings is 2. The summed E-state index contributed by atoms with van der Waals surface area (Å²) in [5, 5.41) is 0. The van der Waals surface area contributed by atoms with E-state index in [0.29, 0.717) is 0 Å². The summed E-state index contributed by atoms with van der Waals surface area (Å²) in [4.78, 5) is -0.183. The minimum Gasteiger partial charge on any atom is -0.495 e. The van der Waals surface area contributed by atoms with Crippen LogP contribution in [-0.2, 0) is 10.0 Å². The van der Waals surface area contributed by atoms with Crippen molar-refractivity contribution in [1.82, 2.24) is 0 Å². The van der Waals surface area contributed by atoms with Crippen molar-refractivity contribution in [2.24, 2.45) is 0 Å². The normalized spacial score (nSPS) is 11.2. The molecule has 0 unspecified atom stereocenters. The first-order chi connectivity index (χ1) is 9.83. The Morgan fingerprint density at radius 3 is 2.52 bits per heavy atom. The van der Waals surface area contributed by atoms with Crippen LogP contribution in [0.4, 0.5) is 20.2 Å². The Labute approximate surface area is 120 Å². The van der Waals surface area contributed by atoms with Crippen molar-refractivity contribution in [2.75, 3.05) is 17.6 Å². The van der Waals surface area contributed by atoms with Gasteiger partial charge >= 0.3 is 0 Å². The van der Waals surface area contributed by atoms with Crippen molar-refractivity contribution in [1.29, 1.82) is 0 Å². The van der Waals surface area contributed by atoms with Crippen LogP contribution in [0.2, 0.25) is 0 Å². The minimum atomic E-state index is -4.09. The van der Waals surface area contributed by atoms with Crippen molar-refractivity contribution in [3.05, 3.63) is 48.0 Å². The Kier molecular flexibility index (Phi) is 3.99. The second-order valence-corrected chi connectivity index (χ2v) is 5.82. The van der Waals surface area contributed by atoms with Gasteiger partial charge in [-0.25, -0.2) is 17.2 Å². The number of nitrogens with two attached hydrogens (primary N) is 1. The standard InChI is InChI=1S/C13H12F2N2O3S/c1-20-13-7-9(3-5-11(13)16)21(18,19)17-12-6-8(14)2-4-10(12)15/h2-7,17H,16H2,1H3. The summed E-state index contributed by atoms with van der Waals surface area (Å²) >= 11 is 0. The number of ether oxygens (including phenoxy) is 1. The van der Waals surface area contributed by atoms with E-state index in [4.69, 9.17) is 10.5 Å². The highest BCUT2D eigenvalue weighted by atomic mass is 32.2. The number of nitrogens with one attached hydrogen (secondary N) is 1. The quantitative estimate of drug-likeness (QED) is 0.849. The van der Waals surface area contributed by atoms with E-state index in [-0.39, 0.29) is 16.3 Å². The summed E-state index contributed by atoms with van der Waals surface area (Å²) in [7, 11) is -2.76. The molecule has 0 radical (unpaired) electrons. The van der Waals surface area contributed by atoms with Gasteiger partial charge in [0.15, 0.2) is 0 Å². The van der Waals surface area contributed by atoms with Gasteiger partial charge in [-0.3, -0.25) is 4.72 Å². The molecule has 0 aromatic heterocycles. The van der Waals surface area contributed by atoms with Gasteiger partial charge in [0.1, 0.15) is 17.4 Å². The first-order valence-corrected chi connectivity index (χ1v) is 7.23. The van der Waals surface area contributed by atoms with Crippen LogP contribution in [0.3, 0.4) is 0 Å². The molecule has 8 heteroatoms.